The average molecular weight is 851 g/mol. The minimum Gasteiger partial charge on any atom is -0.744 e. The van der Waals surface area contributed by atoms with E-state index >= 15 is 0 Å². The van der Waals surface area contributed by atoms with E-state index in [9.17, 15) is 25.9 Å². The maximum atomic E-state index is 10.4. The molecule has 46 heavy (non-hydrogen) atoms. The van der Waals surface area contributed by atoms with Gasteiger partial charge in [-0.25, -0.2) is 16.8 Å². The van der Waals surface area contributed by atoms with Crippen molar-refractivity contribution < 1.29 is 79.0 Å². The molecule has 0 aromatic heterocycles. The van der Waals surface area contributed by atoms with E-state index in [-0.39, 0.29) is 62.9 Å². The summed E-state index contributed by atoms with van der Waals surface area (Å²) in [5.74, 6) is 0. The van der Waals surface area contributed by atoms with Crippen molar-refractivity contribution in [3.8, 4) is 0 Å². The van der Waals surface area contributed by atoms with E-state index in [2.05, 4.69) is 0 Å². The van der Waals surface area contributed by atoms with Crippen molar-refractivity contribution in [1.29, 1.82) is 0 Å². The molecule has 4 fully saturated rings. The molecule has 2 aromatic carbocycles. The van der Waals surface area contributed by atoms with Crippen LogP contribution in [0.25, 0.3) is 0 Å². The van der Waals surface area contributed by atoms with Gasteiger partial charge in [-0.2, -0.15) is 0 Å². The Bertz CT molecular complexity index is 999. The van der Waals surface area contributed by atoms with Crippen LogP contribution in [0.2, 0.25) is 0 Å². The Hall–Kier alpha value is -0.443. The molecule has 0 heterocycles. The number of aryl methyl sites for hydroxylation is 2. The van der Waals surface area contributed by atoms with Gasteiger partial charge >= 0.3 is 42.1 Å². The predicted octanol–water partition coefficient (Wildman–Crippen LogP) is 7.95. The Kier molecular flexibility index (Phi) is 36.2. The van der Waals surface area contributed by atoms with Crippen LogP contribution in [-0.2, 0) is 62.4 Å². The molecule has 0 amide bonds. The van der Waals surface area contributed by atoms with Crippen LogP contribution >= 0.6 is 0 Å². The fraction of sp³-hybridized carbons (Fsp3) is 0.647. The normalized spacial score (nSPS) is 15.9. The Morgan fingerprint density at radius 3 is 0.609 bits per heavy atom. The SMILES string of the molecule is C1CCCC1.C1CCCC1.C1CCCC1.C1CCCC1.Cc1ccc(S(=O)(=O)[O-])cc1.Cc1ccc(S(=O)(=O)[O-])cc1.O.O.[Mo+3].[Mo+3]. The van der Waals surface area contributed by atoms with Crippen LogP contribution in [0.3, 0.4) is 0 Å². The van der Waals surface area contributed by atoms with Crippen LogP contribution in [0.5, 0.6) is 0 Å². The zero-order chi connectivity index (χ0) is 31.1. The number of rotatable bonds is 2. The van der Waals surface area contributed by atoms with Crippen LogP contribution in [0, 0.1) is 13.8 Å². The van der Waals surface area contributed by atoms with Crippen LogP contribution in [0.1, 0.15) is 140 Å². The molecule has 4 aliphatic carbocycles. The fourth-order valence-electron chi connectivity index (χ4n) is 4.95. The molecule has 0 bridgehead atoms. The van der Waals surface area contributed by atoms with E-state index in [4.69, 9.17) is 0 Å². The predicted molar refractivity (Wildman–Crippen MR) is 178 cm³/mol. The van der Waals surface area contributed by atoms with E-state index < -0.39 is 20.2 Å². The van der Waals surface area contributed by atoms with Gasteiger partial charge in [-0.3, -0.25) is 0 Å². The van der Waals surface area contributed by atoms with E-state index in [1.165, 1.54) is 153 Å². The van der Waals surface area contributed by atoms with Gasteiger partial charge in [-0.1, -0.05) is 164 Å². The monoisotopic (exact) mass is 854 g/mol. The average Bonchev–Trinajstić information content (AvgIpc) is 3.79. The van der Waals surface area contributed by atoms with Crippen LogP contribution < -0.4 is 0 Å². The van der Waals surface area contributed by atoms with Gasteiger partial charge in [0.25, 0.3) is 0 Å². The van der Waals surface area contributed by atoms with E-state index in [0.717, 1.165) is 11.1 Å². The third-order valence-corrected chi connectivity index (χ3v) is 9.32. The minimum atomic E-state index is -4.27. The second kappa shape index (κ2) is 31.8. The summed E-state index contributed by atoms with van der Waals surface area (Å²) in [7, 11) is -8.54. The van der Waals surface area contributed by atoms with Gasteiger partial charge in [0.1, 0.15) is 20.2 Å². The van der Waals surface area contributed by atoms with Crippen LogP contribution in [0.15, 0.2) is 58.3 Å². The second-order valence-electron chi connectivity index (χ2n) is 11.6. The molecule has 6 rings (SSSR count). The molecule has 8 nitrogen and oxygen atoms in total. The topological polar surface area (TPSA) is 177 Å². The molecule has 2 radical (unpaired) electrons. The van der Waals surface area contributed by atoms with Gasteiger partial charge in [0.15, 0.2) is 0 Å². The summed E-state index contributed by atoms with van der Waals surface area (Å²) >= 11 is 0. The second-order valence-corrected chi connectivity index (χ2v) is 14.4. The molecular weight excluding hydrogens is 792 g/mol. The zero-order valence-corrected chi connectivity index (χ0v) is 33.5. The van der Waals surface area contributed by atoms with Gasteiger partial charge in [-0.15, -0.1) is 0 Å². The van der Waals surface area contributed by atoms with Crippen molar-refractivity contribution in [3.05, 3.63) is 59.7 Å². The number of hydrogen-bond donors (Lipinski definition) is 0. The summed E-state index contributed by atoms with van der Waals surface area (Å²) in [5.41, 5.74) is 1.86. The Labute approximate surface area is 309 Å². The molecule has 262 valence electrons. The molecule has 0 aliphatic heterocycles. The molecule has 4 aliphatic rings. The van der Waals surface area contributed by atoms with Gasteiger partial charge in [-0.05, 0) is 38.1 Å². The maximum Gasteiger partial charge on any atom is 3.00 e. The maximum absolute atomic E-state index is 10.4. The molecule has 0 atom stereocenters. The van der Waals surface area contributed by atoms with Crippen molar-refractivity contribution in [2.24, 2.45) is 0 Å². The van der Waals surface area contributed by atoms with Crippen molar-refractivity contribution in [1.82, 2.24) is 0 Å². The first-order valence-corrected chi connectivity index (χ1v) is 18.9. The zero-order valence-electron chi connectivity index (χ0n) is 27.8. The summed E-state index contributed by atoms with van der Waals surface area (Å²) in [4.78, 5) is -0.355. The first-order valence-electron chi connectivity index (χ1n) is 16.1. The largest absolute Gasteiger partial charge is 3.00 e. The number of benzene rings is 2. The van der Waals surface area contributed by atoms with Crippen molar-refractivity contribution in [2.75, 3.05) is 0 Å². The Balaban J connectivity index is -0.000000234. The van der Waals surface area contributed by atoms with Gasteiger partial charge in [0.05, 0.1) is 9.79 Å². The first-order chi connectivity index (χ1) is 20.0. The summed E-state index contributed by atoms with van der Waals surface area (Å²) in [5, 5.41) is 0. The Morgan fingerprint density at radius 1 is 0.370 bits per heavy atom. The molecule has 4 N–H and O–H groups in total. The van der Waals surface area contributed by atoms with Crippen molar-refractivity contribution in [3.63, 3.8) is 0 Å². The summed E-state index contributed by atoms with van der Waals surface area (Å²) in [6, 6.07) is 11.6. The van der Waals surface area contributed by atoms with Crippen LogP contribution in [0.4, 0.5) is 0 Å². The quantitative estimate of drug-likeness (QED) is 0.219. The summed E-state index contributed by atoms with van der Waals surface area (Å²) in [6.07, 6.45) is 30.0. The van der Waals surface area contributed by atoms with Crippen molar-refractivity contribution >= 4 is 20.2 Å². The summed E-state index contributed by atoms with van der Waals surface area (Å²) < 4.78 is 62.3. The Morgan fingerprint density at radius 2 is 0.500 bits per heavy atom. The third kappa shape index (κ3) is 29.7. The molecular formula is C34H58Mo2O8S2+4. The van der Waals surface area contributed by atoms with Crippen molar-refractivity contribution in [2.45, 2.75) is 152 Å². The standard InChI is InChI=1S/2C7H8O3S.4C5H10.2Mo.2H2O/c2*1-6-2-4-7(5-3-6)11(8,9)10;4*1-2-4-5-3-1;;;;/h2*2-5H,1H3,(H,8,9,10);4*1-5H2;;;2*1H2/q;;;;;;2*+3;;/p-2. The number of hydrogen-bond acceptors (Lipinski definition) is 6. The van der Waals surface area contributed by atoms with Gasteiger partial charge < -0.3 is 20.1 Å². The van der Waals surface area contributed by atoms with Gasteiger partial charge in [0.2, 0.25) is 0 Å². The fourth-order valence-corrected chi connectivity index (χ4v) is 5.88. The smallest absolute Gasteiger partial charge is 0.744 e. The molecule has 0 spiro atoms. The van der Waals surface area contributed by atoms with Crippen LogP contribution in [-0.4, -0.2) is 36.9 Å². The third-order valence-electron chi connectivity index (χ3n) is 7.62. The molecule has 0 saturated heterocycles. The molecule has 12 heteroatoms. The summed E-state index contributed by atoms with van der Waals surface area (Å²) in [6.45, 7) is 3.64. The van der Waals surface area contributed by atoms with E-state index in [1.54, 1.807) is 24.3 Å². The van der Waals surface area contributed by atoms with Gasteiger partial charge in [0, 0.05) is 0 Å². The van der Waals surface area contributed by atoms with E-state index in [1.807, 2.05) is 13.8 Å². The molecule has 0 unspecified atom stereocenters. The first kappa shape index (κ1) is 52.4. The minimum absolute atomic E-state index is 0. The molecule has 4 saturated carbocycles. The van der Waals surface area contributed by atoms with E-state index in [0.29, 0.717) is 0 Å². The molecule has 2 aromatic rings.